The highest BCUT2D eigenvalue weighted by molar-refractivity contribution is 5.90. The SMILES string of the molecule is CN=C(NCc1cccc(NC(=O)CCN2CCOCC2)c1)N(C)Cc1ccccc1C. The summed E-state index contributed by atoms with van der Waals surface area (Å²) >= 11 is 0. The van der Waals surface area contributed by atoms with Crippen LogP contribution in [0, 0.1) is 6.92 Å². The molecule has 0 radical (unpaired) electrons. The van der Waals surface area contributed by atoms with Gasteiger partial charge in [-0.15, -0.1) is 0 Å². The Kier molecular flexibility index (Phi) is 9.07. The molecule has 1 heterocycles. The van der Waals surface area contributed by atoms with E-state index < -0.39 is 0 Å². The van der Waals surface area contributed by atoms with Crippen molar-refractivity contribution in [1.82, 2.24) is 15.1 Å². The third-order valence-electron chi connectivity index (χ3n) is 5.66. The molecule has 1 amide bonds. The molecule has 1 aliphatic heterocycles. The molecule has 0 saturated carbocycles. The van der Waals surface area contributed by atoms with Gasteiger partial charge in [0.25, 0.3) is 0 Å². The van der Waals surface area contributed by atoms with Crippen molar-refractivity contribution in [3.8, 4) is 0 Å². The minimum atomic E-state index is 0.0374. The summed E-state index contributed by atoms with van der Waals surface area (Å²) in [6.07, 6.45) is 0.485. The van der Waals surface area contributed by atoms with E-state index in [2.05, 4.69) is 56.6 Å². The van der Waals surface area contributed by atoms with Crippen LogP contribution in [0.15, 0.2) is 53.5 Å². The lowest BCUT2D eigenvalue weighted by atomic mass is 10.1. The standard InChI is InChI=1S/C25H35N5O2/c1-20-7-4-5-9-22(20)19-29(3)25(26-2)27-18-21-8-6-10-23(17-21)28-24(31)11-12-30-13-15-32-16-14-30/h4-10,17H,11-16,18-19H2,1-3H3,(H,26,27)(H,28,31). The van der Waals surface area contributed by atoms with Crippen molar-refractivity contribution in [2.75, 3.05) is 52.3 Å². The second-order valence-corrected chi connectivity index (χ2v) is 8.14. The number of morpholine rings is 1. The van der Waals surface area contributed by atoms with Gasteiger partial charge in [0.1, 0.15) is 0 Å². The number of hydrogen-bond acceptors (Lipinski definition) is 4. The number of nitrogens with one attached hydrogen (secondary N) is 2. The van der Waals surface area contributed by atoms with Gasteiger partial charge in [0.05, 0.1) is 13.2 Å². The van der Waals surface area contributed by atoms with Crippen LogP contribution in [-0.4, -0.2) is 68.6 Å². The summed E-state index contributed by atoms with van der Waals surface area (Å²) in [5, 5.41) is 6.44. The second-order valence-electron chi connectivity index (χ2n) is 8.14. The van der Waals surface area contributed by atoms with Crippen LogP contribution in [0.1, 0.15) is 23.1 Å². The normalized spacial score (nSPS) is 14.8. The lowest BCUT2D eigenvalue weighted by Gasteiger charge is -2.26. The van der Waals surface area contributed by atoms with Gasteiger partial charge in [-0.3, -0.25) is 14.7 Å². The molecule has 3 rings (SSSR count). The number of amides is 1. The summed E-state index contributed by atoms with van der Waals surface area (Å²) in [7, 11) is 3.83. The number of ether oxygens (including phenoxy) is 1. The summed E-state index contributed by atoms with van der Waals surface area (Å²) in [5.74, 6) is 0.864. The topological polar surface area (TPSA) is 69.2 Å². The lowest BCUT2D eigenvalue weighted by Crippen LogP contribution is -2.38. The number of aliphatic imine (C=N–C) groups is 1. The van der Waals surface area contributed by atoms with Crippen LogP contribution in [0.5, 0.6) is 0 Å². The fourth-order valence-corrected chi connectivity index (χ4v) is 3.75. The Hall–Kier alpha value is -2.90. The average Bonchev–Trinajstić information content (AvgIpc) is 2.80. The Labute approximate surface area is 191 Å². The van der Waals surface area contributed by atoms with Crippen LogP contribution in [0.2, 0.25) is 0 Å². The summed E-state index contributed by atoms with van der Waals surface area (Å²) < 4.78 is 5.35. The van der Waals surface area contributed by atoms with Crippen LogP contribution in [-0.2, 0) is 22.6 Å². The smallest absolute Gasteiger partial charge is 0.225 e. The minimum absolute atomic E-state index is 0.0374. The fraction of sp³-hybridized carbons (Fsp3) is 0.440. The van der Waals surface area contributed by atoms with Crippen molar-refractivity contribution in [2.24, 2.45) is 4.99 Å². The fourth-order valence-electron chi connectivity index (χ4n) is 3.75. The zero-order valence-corrected chi connectivity index (χ0v) is 19.4. The van der Waals surface area contributed by atoms with Gasteiger partial charge >= 0.3 is 0 Å². The number of anilines is 1. The second kappa shape index (κ2) is 12.2. The lowest BCUT2D eigenvalue weighted by molar-refractivity contribution is -0.116. The predicted molar refractivity (Wildman–Crippen MR) is 130 cm³/mol. The molecule has 2 aromatic rings. The van der Waals surface area contributed by atoms with E-state index in [1.807, 2.05) is 31.3 Å². The van der Waals surface area contributed by atoms with Gasteiger partial charge in [-0.2, -0.15) is 0 Å². The van der Waals surface area contributed by atoms with Gasteiger partial charge in [-0.05, 0) is 35.7 Å². The first-order valence-corrected chi connectivity index (χ1v) is 11.2. The molecule has 7 heteroatoms. The van der Waals surface area contributed by atoms with Crippen molar-refractivity contribution in [1.29, 1.82) is 0 Å². The molecular formula is C25H35N5O2. The monoisotopic (exact) mass is 437 g/mol. The molecule has 0 aromatic heterocycles. The molecule has 1 fully saturated rings. The molecule has 0 aliphatic carbocycles. The number of aryl methyl sites for hydroxylation is 1. The van der Waals surface area contributed by atoms with E-state index in [9.17, 15) is 4.79 Å². The van der Waals surface area contributed by atoms with Gasteiger partial charge in [0.2, 0.25) is 5.91 Å². The van der Waals surface area contributed by atoms with E-state index in [-0.39, 0.29) is 5.91 Å². The number of guanidine groups is 1. The van der Waals surface area contributed by atoms with E-state index in [1.54, 1.807) is 7.05 Å². The molecule has 32 heavy (non-hydrogen) atoms. The van der Waals surface area contributed by atoms with E-state index >= 15 is 0 Å². The van der Waals surface area contributed by atoms with E-state index in [1.165, 1.54) is 11.1 Å². The van der Waals surface area contributed by atoms with Crippen molar-refractivity contribution in [3.05, 3.63) is 65.2 Å². The number of hydrogen-bond donors (Lipinski definition) is 2. The van der Waals surface area contributed by atoms with Crippen LogP contribution < -0.4 is 10.6 Å². The van der Waals surface area contributed by atoms with Gasteiger partial charge < -0.3 is 20.3 Å². The molecule has 2 aromatic carbocycles. The number of benzene rings is 2. The summed E-state index contributed by atoms with van der Waals surface area (Å²) in [5.41, 5.74) is 4.45. The van der Waals surface area contributed by atoms with Crippen LogP contribution in [0.3, 0.4) is 0 Å². The molecule has 7 nitrogen and oxygen atoms in total. The number of carbonyl (C=O) groups is 1. The highest BCUT2D eigenvalue weighted by atomic mass is 16.5. The van der Waals surface area contributed by atoms with Crippen LogP contribution in [0.4, 0.5) is 5.69 Å². The number of nitrogens with zero attached hydrogens (tertiary/aromatic N) is 3. The highest BCUT2D eigenvalue weighted by Crippen LogP contribution is 2.13. The summed E-state index contributed by atoms with van der Waals surface area (Å²) in [6.45, 7) is 7.59. The third-order valence-corrected chi connectivity index (χ3v) is 5.66. The molecule has 0 atom stereocenters. The van der Waals surface area contributed by atoms with Gasteiger partial charge in [-0.1, -0.05) is 36.4 Å². The third kappa shape index (κ3) is 7.35. The number of rotatable bonds is 8. The molecule has 1 aliphatic rings. The van der Waals surface area contributed by atoms with E-state index in [0.29, 0.717) is 13.0 Å². The quantitative estimate of drug-likeness (QED) is 0.491. The minimum Gasteiger partial charge on any atom is -0.379 e. The maximum absolute atomic E-state index is 12.4. The molecule has 1 saturated heterocycles. The van der Waals surface area contributed by atoms with Gasteiger partial charge in [0.15, 0.2) is 5.96 Å². The van der Waals surface area contributed by atoms with E-state index in [4.69, 9.17) is 4.74 Å². The number of carbonyl (C=O) groups excluding carboxylic acids is 1. The Morgan fingerprint density at radius 3 is 2.69 bits per heavy atom. The van der Waals surface area contributed by atoms with Gasteiger partial charge in [0, 0.05) is 58.9 Å². The van der Waals surface area contributed by atoms with E-state index in [0.717, 1.165) is 56.6 Å². The van der Waals surface area contributed by atoms with Crippen LogP contribution >= 0.6 is 0 Å². The molecule has 0 bridgehead atoms. The molecule has 0 unspecified atom stereocenters. The first-order chi connectivity index (χ1) is 15.5. The molecule has 0 spiro atoms. The van der Waals surface area contributed by atoms with Gasteiger partial charge in [-0.25, -0.2) is 0 Å². The zero-order chi connectivity index (χ0) is 22.8. The Balaban J connectivity index is 1.48. The summed E-state index contributed by atoms with van der Waals surface area (Å²) in [6, 6.07) is 16.3. The highest BCUT2D eigenvalue weighted by Gasteiger charge is 2.12. The maximum Gasteiger partial charge on any atom is 0.225 e. The molecule has 172 valence electrons. The van der Waals surface area contributed by atoms with Crippen molar-refractivity contribution >= 4 is 17.6 Å². The van der Waals surface area contributed by atoms with Crippen LogP contribution in [0.25, 0.3) is 0 Å². The Morgan fingerprint density at radius 1 is 1.16 bits per heavy atom. The molecular weight excluding hydrogens is 402 g/mol. The predicted octanol–water partition coefficient (Wildman–Crippen LogP) is 2.86. The largest absolute Gasteiger partial charge is 0.379 e. The Bertz CT molecular complexity index is 909. The van der Waals surface area contributed by atoms with Crippen molar-refractivity contribution in [2.45, 2.75) is 26.4 Å². The maximum atomic E-state index is 12.4. The van der Waals surface area contributed by atoms with Crippen molar-refractivity contribution < 1.29 is 9.53 Å². The van der Waals surface area contributed by atoms with Crippen molar-refractivity contribution in [3.63, 3.8) is 0 Å². The summed E-state index contributed by atoms with van der Waals surface area (Å²) in [4.78, 5) is 21.2. The Morgan fingerprint density at radius 2 is 1.94 bits per heavy atom. The average molecular weight is 438 g/mol. The first kappa shape index (κ1) is 23.8. The molecule has 2 N–H and O–H groups in total. The first-order valence-electron chi connectivity index (χ1n) is 11.2. The zero-order valence-electron chi connectivity index (χ0n) is 19.4.